The van der Waals surface area contributed by atoms with Crippen molar-refractivity contribution >= 4 is 15.7 Å². The summed E-state index contributed by atoms with van der Waals surface area (Å²) in [5, 5.41) is 2.96. The third-order valence-corrected chi connectivity index (χ3v) is 5.02. The topological polar surface area (TPSA) is 67.4 Å². The molecule has 0 bridgehead atoms. The van der Waals surface area contributed by atoms with E-state index in [1.165, 1.54) is 0 Å². The van der Waals surface area contributed by atoms with Gasteiger partial charge in [-0.25, -0.2) is 13.1 Å². The highest BCUT2D eigenvalue weighted by atomic mass is 32.2. The van der Waals surface area contributed by atoms with Crippen LogP contribution in [0.25, 0.3) is 0 Å². The average molecular weight is 284 g/mol. The first-order chi connectivity index (χ1) is 9.06. The van der Waals surface area contributed by atoms with Crippen molar-refractivity contribution in [2.24, 2.45) is 0 Å². The summed E-state index contributed by atoms with van der Waals surface area (Å²) >= 11 is 0. The lowest BCUT2D eigenvalue weighted by Gasteiger charge is -2.19. The minimum Gasteiger partial charge on any atom is -0.388 e. The largest absolute Gasteiger partial charge is 0.388 e. The fourth-order valence-electron chi connectivity index (χ4n) is 2.41. The quantitative estimate of drug-likeness (QED) is 0.861. The summed E-state index contributed by atoms with van der Waals surface area (Å²) in [5.41, 5.74) is 0.884. The third kappa shape index (κ3) is 3.26. The van der Waals surface area contributed by atoms with Crippen LogP contribution in [0.5, 0.6) is 0 Å². The van der Waals surface area contributed by atoms with Gasteiger partial charge in [0.25, 0.3) is 0 Å². The van der Waals surface area contributed by atoms with Crippen molar-refractivity contribution in [2.75, 3.05) is 19.5 Å². The summed E-state index contributed by atoms with van der Waals surface area (Å²) in [6, 6.07) is 6.57. The molecule has 2 unspecified atom stereocenters. The molecule has 1 saturated carbocycles. The van der Waals surface area contributed by atoms with Crippen molar-refractivity contribution in [3.05, 3.63) is 24.3 Å². The number of nitrogens with one attached hydrogen (secondary N) is 2. The molecule has 5 nitrogen and oxygen atoms in total. The van der Waals surface area contributed by atoms with Crippen molar-refractivity contribution in [1.82, 2.24) is 4.72 Å². The summed E-state index contributed by atoms with van der Waals surface area (Å²) in [7, 11) is -0.0504. The molecule has 106 valence electrons. The molecule has 2 atom stereocenters. The average Bonchev–Trinajstić information content (AvgIpc) is 2.85. The SMILES string of the molecule is CNc1ccc(S(=O)(=O)NC2CCCC2OC)cc1. The molecule has 2 rings (SSSR count). The smallest absolute Gasteiger partial charge is 0.240 e. The van der Waals surface area contributed by atoms with Gasteiger partial charge in [0.15, 0.2) is 0 Å². The van der Waals surface area contributed by atoms with Crippen LogP contribution in [0.3, 0.4) is 0 Å². The highest BCUT2D eigenvalue weighted by molar-refractivity contribution is 7.89. The van der Waals surface area contributed by atoms with E-state index >= 15 is 0 Å². The fraction of sp³-hybridized carbons (Fsp3) is 0.538. The molecule has 0 aromatic heterocycles. The number of ether oxygens (including phenoxy) is 1. The fourth-order valence-corrected chi connectivity index (χ4v) is 3.71. The van der Waals surface area contributed by atoms with E-state index in [4.69, 9.17) is 4.74 Å². The Morgan fingerprint density at radius 2 is 1.89 bits per heavy atom. The Morgan fingerprint density at radius 3 is 2.47 bits per heavy atom. The van der Waals surface area contributed by atoms with E-state index in [0.29, 0.717) is 0 Å². The van der Waals surface area contributed by atoms with Crippen LogP contribution in [-0.4, -0.2) is 34.7 Å². The van der Waals surface area contributed by atoms with Gasteiger partial charge < -0.3 is 10.1 Å². The van der Waals surface area contributed by atoms with E-state index in [-0.39, 0.29) is 17.0 Å². The van der Waals surface area contributed by atoms with Crippen LogP contribution in [0.2, 0.25) is 0 Å². The van der Waals surface area contributed by atoms with E-state index in [2.05, 4.69) is 10.0 Å². The van der Waals surface area contributed by atoms with Crippen LogP contribution in [-0.2, 0) is 14.8 Å². The second-order valence-corrected chi connectivity index (χ2v) is 6.42. The summed E-state index contributed by atoms with van der Waals surface area (Å²) < 4.78 is 32.6. The number of methoxy groups -OCH3 is 1. The maximum Gasteiger partial charge on any atom is 0.240 e. The number of anilines is 1. The highest BCUT2D eigenvalue weighted by Gasteiger charge is 2.31. The first-order valence-corrected chi connectivity index (χ1v) is 7.88. The zero-order valence-corrected chi connectivity index (χ0v) is 12.0. The molecule has 0 spiro atoms. The minimum absolute atomic E-state index is 0.0219. The number of rotatable bonds is 5. The molecular formula is C13H20N2O3S. The Labute approximate surface area is 114 Å². The second-order valence-electron chi connectivity index (χ2n) is 4.71. The lowest BCUT2D eigenvalue weighted by Crippen LogP contribution is -2.40. The van der Waals surface area contributed by atoms with Crippen LogP contribution >= 0.6 is 0 Å². The number of hydrogen-bond acceptors (Lipinski definition) is 4. The van der Waals surface area contributed by atoms with Crippen molar-refractivity contribution < 1.29 is 13.2 Å². The Kier molecular flexibility index (Phi) is 4.44. The minimum atomic E-state index is -3.47. The predicted octanol–water partition coefficient (Wildman–Crippen LogP) is 1.57. The van der Waals surface area contributed by atoms with Crippen LogP contribution < -0.4 is 10.0 Å². The molecular weight excluding hydrogens is 264 g/mol. The number of sulfonamides is 1. The Morgan fingerprint density at radius 1 is 1.21 bits per heavy atom. The zero-order valence-electron chi connectivity index (χ0n) is 11.2. The van der Waals surface area contributed by atoms with Crippen LogP contribution in [0.15, 0.2) is 29.2 Å². The molecule has 0 saturated heterocycles. The van der Waals surface area contributed by atoms with Gasteiger partial charge in [0.1, 0.15) is 0 Å². The predicted molar refractivity (Wildman–Crippen MR) is 74.7 cm³/mol. The van der Waals surface area contributed by atoms with Gasteiger partial charge in [-0.3, -0.25) is 0 Å². The normalized spacial score (nSPS) is 23.5. The maximum atomic E-state index is 12.3. The van der Waals surface area contributed by atoms with Gasteiger partial charge >= 0.3 is 0 Å². The lowest BCUT2D eigenvalue weighted by atomic mass is 10.2. The van der Waals surface area contributed by atoms with Gasteiger partial charge in [-0.05, 0) is 43.5 Å². The van der Waals surface area contributed by atoms with E-state index < -0.39 is 10.0 Å². The summed E-state index contributed by atoms with van der Waals surface area (Å²) in [6.45, 7) is 0. The van der Waals surface area contributed by atoms with E-state index in [1.54, 1.807) is 38.4 Å². The van der Waals surface area contributed by atoms with Crippen molar-refractivity contribution in [2.45, 2.75) is 36.3 Å². The van der Waals surface area contributed by atoms with Crippen molar-refractivity contribution in [3.8, 4) is 0 Å². The van der Waals surface area contributed by atoms with Crippen LogP contribution in [0.1, 0.15) is 19.3 Å². The van der Waals surface area contributed by atoms with Gasteiger partial charge in [-0.15, -0.1) is 0 Å². The van der Waals surface area contributed by atoms with E-state index in [0.717, 1.165) is 24.9 Å². The number of hydrogen-bond donors (Lipinski definition) is 2. The maximum absolute atomic E-state index is 12.3. The molecule has 0 radical (unpaired) electrons. The Bertz CT molecular complexity index is 513. The monoisotopic (exact) mass is 284 g/mol. The third-order valence-electron chi connectivity index (χ3n) is 3.52. The van der Waals surface area contributed by atoms with Crippen molar-refractivity contribution in [3.63, 3.8) is 0 Å². The first kappa shape index (κ1) is 14.3. The second kappa shape index (κ2) is 5.90. The Hall–Kier alpha value is -1.11. The first-order valence-electron chi connectivity index (χ1n) is 6.40. The molecule has 0 aliphatic heterocycles. The molecule has 1 aromatic rings. The molecule has 0 amide bonds. The molecule has 19 heavy (non-hydrogen) atoms. The summed E-state index contributed by atoms with van der Waals surface area (Å²) in [6.07, 6.45) is 2.70. The van der Waals surface area contributed by atoms with Gasteiger partial charge in [0, 0.05) is 25.9 Å². The highest BCUT2D eigenvalue weighted by Crippen LogP contribution is 2.23. The molecule has 2 N–H and O–H groups in total. The molecule has 1 aliphatic rings. The Balaban J connectivity index is 2.13. The lowest BCUT2D eigenvalue weighted by molar-refractivity contribution is 0.0916. The van der Waals surface area contributed by atoms with Crippen LogP contribution in [0, 0.1) is 0 Å². The van der Waals surface area contributed by atoms with Gasteiger partial charge in [-0.1, -0.05) is 0 Å². The zero-order chi connectivity index (χ0) is 13.9. The van der Waals surface area contributed by atoms with Crippen molar-refractivity contribution in [1.29, 1.82) is 0 Å². The van der Waals surface area contributed by atoms with E-state index in [9.17, 15) is 8.42 Å². The van der Waals surface area contributed by atoms with Gasteiger partial charge in [-0.2, -0.15) is 0 Å². The number of benzene rings is 1. The molecule has 1 aromatic carbocycles. The van der Waals surface area contributed by atoms with Crippen LogP contribution in [0.4, 0.5) is 5.69 Å². The molecule has 6 heteroatoms. The molecule has 1 aliphatic carbocycles. The molecule has 1 fully saturated rings. The van der Waals surface area contributed by atoms with Gasteiger partial charge in [0.2, 0.25) is 10.0 Å². The molecule has 0 heterocycles. The van der Waals surface area contributed by atoms with Gasteiger partial charge in [0.05, 0.1) is 11.0 Å². The summed E-state index contributed by atoms with van der Waals surface area (Å²) in [5.74, 6) is 0. The summed E-state index contributed by atoms with van der Waals surface area (Å²) in [4.78, 5) is 0.285. The standard InChI is InChI=1S/C13H20N2O3S/c1-14-10-6-8-11(9-7-10)19(16,17)15-12-4-3-5-13(12)18-2/h6-9,12-15H,3-5H2,1-2H3. The van der Waals surface area contributed by atoms with E-state index in [1.807, 2.05) is 0 Å².